The molecule has 0 aromatic carbocycles. The van der Waals surface area contributed by atoms with E-state index >= 15 is 0 Å². The van der Waals surface area contributed by atoms with Crippen LogP contribution in [0.25, 0.3) is 5.65 Å². The van der Waals surface area contributed by atoms with Crippen molar-refractivity contribution in [1.82, 2.24) is 9.38 Å². The molecule has 0 radical (unpaired) electrons. The number of rotatable bonds is 1. The molecular weight excluding hydrogens is 230 g/mol. The Balaban J connectivity index is 2.15. The van der Waals surface area contributed by atoms with E-state index < -0.39 is 11.7 Å². The van der Waals surface area contributed by atoms with Gasteiger partial charge in [-0.15, -0.1) is 0 Å². The molecule has 0 saturated carbocycles. The minimum Gasteiger partial charge on any atom is -0.444 e. The first-order valence-corrected chi connectivity index (χ1v) is 5.79. The molecule has 5 nitrogen and oxygen atoms in total. The number of fused-ring (bicyclic) bond motifs is 1. The van der Waals surface area contributed by atoms with E-state index in [4.69, 9.17) is 4.74 Å². The van der Waals surface area contributed by atoms with Crippen molar-refractivity contribution in [2.45, 2.75) is 33.3 Å². The number of hydrogen-bond donors (Lipinski definition) is 1. The molecule has 0 unspecified atom stereocenters. The monoisotopic (exact) mass is 247 g/mol. The molecule has 0 aliphatic carbocycles. The SMILES string of the molecule is Cc1ccc2nc(NC(=O)OC(C)(C)C)cn2c1. The highest BCUT2D eigenvalue weighted by molar-refractivity contribution is 5.84. The highest BCUT2D eigenvalue weighted by Crippen LogP contribution is 2.13. The van der Waals surface area contributed by atoms with E-state index in [0.717, 1.165) is 11.2 Å². The van der Waals surface area contributed by atoms with Crippen LogP contribution in [0.5, 0.6) is 0 Å². The van der Waals surface area contributed by atoms with Gasteiger partial charge in [-0.05, 0) is 39.3 Å². The minimum absolute atomic E-state index is 0.481. The number of nitrogens with zero attached hydrogens (tertiary/aromatic N) is 2. The topological polar surface area (TPSA) is 55.6 Å². The van der Waals surface area contributed by atoms with E-state index in [0.29, 0.717) is 5.82 Å². The van der Waals surface area contributed by atoms with Gasteiger partial charge in [-0.1, -0.05) is 6.07 Å². The van der Waals surface area contributed by atoms with Crippen molar-refractivity contribution >= 4 is 17.6 Å². The first kappa shape index (κ1) is 12.4. The lowest BCUT2D eigenvalue weighted by Crippen LogP contribution is -2.27. The second-order valence-electron chi connectivity index (χ2n) is 5.22. The van der Waals surface area contributed by atoms with Gasteiger partial charge in [-0.25, -0.2) is 9.78 Å². The van der Waals surface area contributed by atoms with E-state index in [9.17, 15) is 4.79 Å². The van der Waals surface area contributed by atoms with Crippen LogP contribution in [-0.2, 0) is 4.74 Å². The molecule has 0 saturated heterocycles. The Bertz CT molecular complexity index is 581. The summed E-state index contributed by atoms with van der Waals surface area (Å²) in [4.78, 5) is 15.9. The molecule has 18 heavy (non-hydrogen) atoms. The summed E-state index contributed by atoms with van der Waals surface area (Å²) >= 11 is 0. The molecule has 5 heteroatoms. The van der Waals surface area contributed by atoms with Crippen molar-refractivity contribution in [3.8, 4) is 0 Å². The maximum atomic E-state index is 11.6. The van der Waals surface area contributed by atoms with E-state index in [2.05, 4.69) is 10.3 Å². The van der Waals surface area contributed by atoms with E-state index in [1.807, 2.05) is 50.4 Å². The lowest BCUT2D eigenvalue weighted by Gasteiger charge is -2.18. The highest BCUT2D eigenvalue weighted by Gasteiger charge is 2.17. The van der Waals surface area contributed by atoms with Gasteiger partial charge < -0.3 is 9.14 Å². The van der Waals surface area contributed by atoms with Crippen molar-refractivity contribution in [3.63, 3.8) is 0 Å². The molecule has 2 heterocycles. The van der Waals surface area contributed by atoms with Crippen molar-refractivity contribution in [2.24, 2.45) is 0 Å². The lowest BCUT2D eigenvalue weighted by atomic mass is 10.2. The molecule has 0 spiro atoms. The zero-order valence-corrected chi connectivity index (χ0v) is 11.0. The minimum atomic E-state index is -0.514. The Hall–Kier alpha value is -2.04. The number of aromatic nitrogens is 2. The number of pyridine rings is 1. The second-order valence-corrected chi connectivity index (χ2v) is 5.22. The van der Waals surface area contributed by atoms with Gasteiger partial charge in [-0.3, -0.25) is 5.32 Å². The number of anilines is 1. The molecule has 0 bridgehead atoms. The molecule has 0 atom stereocenters. The average Bonchev–Trinajstić information content (AvgIpc) is 2.55. The summed E-state index contributed by atoms with van der Waals surface area (Å²) in [6.45, 7) is 7.46. The van der Waals surface area contributed by atoms with Gasteiger partial charge in [0, 0.05) is 6.20 Å². The zero-order chi connectivity index (χ0) is 13.3. The molecule has 2 aromatic rings. The third-order valence-electron chi connectivity index (χ3n) is 2.23. The largest absolute Gasteiger partial charge is 0.444 e. The molecule has 96 valence electrons. The van der Waals surface area contributed by atoms with Crippen molar-refractivity contribution in [2.75, 3.05) is 5.32 Å². The first-order chi connectivity index (χ1) is 8.33. The number of aryl methyl sites for hydroxylation is 1. The number of nitrogens with one attached hydrogen (secondary N) is 1. The van der Waals surface area contributed by atoms with E-state index in [1.54, 1.807) is 6.20 Å². The smallest absolute Gasteiger partial charge is 0.413 e. The Morgan fingerprint density at radius 2 is 2.06 bits per heavy atom. The van der Waals surface area contributed by atoms with Gasteiger partial charge in [0.2, 0.25) is 0 Å². The Kier molecular flexibility index (Phi) is 2.98. The lowest BCUT2D eigenvalue weighted by molar-refractivity contribution is 0.0635. The summed E-state index contributed by atoms with van der Waals surface area (Å²) in [6.07, 6.45) is 3.21. The van der Waals surface area contributed by atoms with Crippen LogP contribution >= 0.6 is 0 Å². The molecule has 0 fully saturated rings. The third kappa shape index (κ3) is 3.00. The van der Waals surface area contributed by atoms with Crippen LogP contribution in [-0.4, -0.2) is 21.1 Å². The Morgan fingerprint density at radius 1 is 1.33 bits per heavy atom. The molecule has 1 amide bonds. The normalized spacial score (nSPS) is 11.6. The van der Waals surface area contributed by atoms with Gasteiger partial charge in [0.25, 0.3) is 0 Å². The zero-order valence-electron chi connectivity index (χ0n) is 11.0. The van der Waals surface area contributed by atoms with Gasteiger partial charge >= 0.3 is 6.09 Å². The fourth-order valence-electron chi connectivity index (χ4n) is 1.57. The summed E-state index contributed by atoms with van der Waals surface area (Å²) < 4.78 is 7.03. The van der Waals surface area contributed by atoms with E-state index in [1.165, 1.54) is 0 Å². The van der Waals surface area contributed by atoms with Crippen molar-refractivity contribution in [1.29, 1.82) is 0 Å². The van der Waals surface area contributed by atoms with Crippen molar-refractivity contribution < 1.29 is 9.53 Å². The highest BCUT2D eigenvalue weighted by atomic mass is 16.6. The second kappa shape index (κ2) is 4.33. The maximum absolute atomic E-state index is 11.6. The standard InChI is InChI=1S/C13H17N3O2/c1-9-5-6-11-14-10(8-16(11)7-9)15-12(17)18-13(2,3)4/h5-8H,1-4H3,(H,15,17). The van der Waals surface area contributed by atoms with Gasteiger partial charge in [0.1, 0.15) is 11.2 Å². The predicted octanol–water partition coefficient (Wildman–Crippen LogP) is 2.99. The molecule has 2 rings (SSSR count). The maximum Gasteiger partial charge on any atom is 0.413 e. The van der Waals surface area contributed by atoms with Crippen LogP contribution in [0.4, 0.5) is 10.6 Å². The quantitative estimate of drug-likeness (QED) is 0.842. The number of carbonyl (C=O) groups is 1. The summed E-state index contributed by atoms with van der Waals surface area (Å²) in [5.41, 5.74) is 1.40. The van der Waals surface area contributed by atoms with Gasteiger partial charge in [-0.2, -0.15) is 0 Å². The first-order valence-electron chi connectivity index (χ1n) is 5.79. The van der Waals surface area contributed by atoms with Crippen molar-refractivity contribution in [3.05, 3.63) is 30.1 Å². The number of ether oxygens (including phenoxy) is 1. The molecule has 2 aromatic heterocycles. The summed E-state index contributed by atoms with van der Waals surface area (Å²) in [5, 5.41) is 2.61. The van der Waals surface area contributed by atoms with Crippen LogP contribution in [0.1, 0.15) is 26.3 Å². The predicted molar refractivity (Wildman–Crippen MR) is 69.8 cm³/mol. The third-order valence-corrected chi connectivity index (χ3v) is 2.23. The number of imidazole rings is 1. The molecular formula is C13H17N3O2. The van der Waals surface area contributed by atoms with Gasteiger partial charge in [0.15, 0.2) is 5.82 Å². The molecule has 1 N–H and O–H groups in total. The fourth-order valence-corrected chi connectivity index (χ4v) is 1.57. The molecule has 0 aliphatic rings. The number of carbonyl (C=O) groups excluding carboxylic acids is 1. The Labute approximate surface area is 106 Å². The molecule has 0 aliphatic heterocycles. The van der Waals surface area contributed by atoms with Crippen LogP contribution in [0.15, 0.2) is 24.5 Å². The van der Waals surface area contributed by atoms with Crippen LogP contribution in [0.3, 0.4) is 0 Å². The van der Waals surface area contributed by atoms with Crippen LogP contribution in [0.2, 0.25) is 0 Å². The number of amides is 1. The Morgan fingerprint density at radius 3 is 2.72 bits per heavy atom. The summed E-state index contributed by atoms with van der Waals surface area (Å²) in [5.74, 6) is 0.481. The number of hydrogen-bond acceptors (Lipinski definition) is 3. The van der Waals surface area contributed by atoms with Crippen LogP contribution in [0, 0.1) is 6.92 Å². The van der Waals surface area contributed by atoms with E-state index in [-0.39, 0.29) is 0 Å². The summed E-state index contributed by atoms with van der Waals surface area (Å²) in [7, 11) is 0. The fraction of sp³-hybridized carbons (Fsp3) is 0.385. The summed E-state index contributed by atoms with van der Waals surface area (Å²) in [6, 6.07) is 3.87. The average molecular weight is 247 g/mol. The van der Waals surface area contributed by atoms with Crippen LogP contribution < -0.4 is 5.32 Å². The van der Waals surface area contributed by atoms with Gasteiger partial charge in [0.05, 0.1) is 6.20 Å².